The van der Waals surface area contributed by atoms with E-state index in [2.05, 4.69) is 34.5 Å². The lowest BCUT2D eigenvalue weighted by Gasteiger charge is -2.41. The van der Waals surface area contributed by atoms with Crippen molar-refractivity contribution in [3.05, 3.63) is 53.2 Å². The van der Waals surface area contributed by atoms with Crippen LogP contribution < -0.4 is 10.1 Å². The highest BCUT2D eigenvalue weighted by Gasteiger charge is 2.47. The number of rotatable bonds is 7. The number of hydrogen-bond acceptors (Lipinski definition) is 7. The van der Waals surface area contributed by atoms with Crippen LogP contribution in [0.1, 0.15) is 81.8 Å². The Balaban J connectivity index is 1.16. The molecule has 1 amide bonds. The average Bonchev–Trinajstić information content (AvgIpc) is 3.53. The van der Waals surface area contributed by atoms with Gasteiger partial charge in [0.05, 0.1) is 30.9 Å². The lowest BCUT2D eigenvalue weighted by molar-refractivity contribution is -0.0366. The van der Waals surface area contributed by atoms with Gasteiger partial charge in [0.25, 0.3) is 0 Å². The van der Waals surface area contributed by atoms with Gasteiger partial charge in [-0.25, -0.2) is 13.9 Å². The molecule has 0 bridgehead atoms. The standard InChI is InChI=1S/C34H44FN5O4/c1-33(2,3)44-32(41)39-19-23(20-39)37-22-8-9-26(29(17-22)42-4)31-25-10-11-28-27(18-36-40(28)30-7-5-6-16-43-30)24(25)12-15-38(31)21-34(35)13-14-34/h8-11,17-18,23,30-31,37H,5-7,12-16,19-21H2,1-4H3. The highest BCUT2D eigenvalue weighted by atomic mass is 19.1. The van der Waals surface area contributed by atoms with Gasteiger partial charge in [0.15, 0.2) is 6.23 Å². The first-order valence-electron chi connectivity index (χ1n) is 16.1. The highest BCUT2D eigenvalue weighted by molar-refractivity contribution is 5.84. The van der Waals surface area contributed by atoms with E-state index in [0.29, 0.717) is 32.5 Å². The van der Waals surface area contributed by atoms with Crippen LogP contribution in [-0.4, -0.2) is 82.9 Å². The molecule has 236 valence electrons. The van der Waals surface area contributed by atoms with Crippen molar-refractivity contribution >= 4 is 22.7 Å². The Kier molecular flexibility index (Phi) is 7.48. The topological polar surface area (TPSA) is 81.1 Å². The minimum atomic E-state index is -1.11. The van der Waals surface area contributed by atoms with Crippen molar-refractivity contribution in [3.63, 3.8) is 0 Å². The zero-order valence-corrected chi connectivity index (χ0v) is 26.3. The van der Waals surface area contributed by atoms with E-state index < -0.39 is 11.3 Å². The fourth-order valence-corrected chi connectivity index (χ4v) is 6.96. The summed E-state index contributed by atoms with van der Waals surface area (Å²) in [7, 11) is 1.69. The first kappa shape index (κ1) is 29.3. The fourth-order valence-electron chi connectivity index (χ4n) is 6.96. The van der Waals surface area contributed by atoms with Gasteiger partial charge in [-0.15, -0.1) is 0 Å². The molecule has 2 atom stereocenters. The second-order valence-electron chi connectivity index (χ2n) is 13.9. The van der Waals surface area contributed by atoms with Crippen LogP contribution in [0.5, 0.6) is 5.75 Å². The number of halogens is 1. The Morgan fingerprint density at radius 1 is 1.16 bits per heavy atom. The first-order chi connectivity index (χ1) is 21.1. The molecule has 3 aromatic rings. The van der Waals surface area contributed by atoms with Crippen LogP contribution in [0.25, 0.3) is 10.9 Å². The van der Waals surface area contributed by atoms with Crippen LogP contribution in [0.3, 0.4) is 0 Å². The summed E-state index contributed by atoms with van der Waals surface area (Å²) in [6.45, 7) is 8.73. The van der Waals surface area contributed by atoms with Crippen LogP contribution in [0, 0.1) is 0 Å². The lowest BCUT2D eigenvalue weighted by atomic mass is 9.85. The zero-order chi connectivity index (χ0) is 30.6. The molecule has 0 radical (unpaired) electrons. The Morgan fingerprint density at radius 2 is 1.95 bits per heavy atom. The summed E-state index contributed by atoms with van der Waals surface area (Å²) >= 11 is 0. The van der Waals surface area contributed by atoms with E-state index in [1.54, 1.807) is 12.0 Å². The number of anilines is 1. The normalized spacial score (nSPS) is 23.6. The number of ether oxygens (including phenoxy) is 3. The Labute approximate surface area is 258 Å². The maximum Gasteiger partial charge on any atom is 0.410 e. The maximum absolute atomic E-state index is 15.3. The number of carbonyl (C=O) groups excluding carboxylic acids is 1. The smallest absolute Gasteiger partial charge is 0.410 e. The monoisotopic (exact) mass is 605 g/mol. The molecule has 1 aromatic heterocycles. The Hall–Kier alpha value is -3.37. The van der Waals surface area contributed by atoms with Crippen molar-refractivity contribution in [2.75, 3.05) is 45.2 Å². The second-order valence-corrected chi connectivity index (χ2v) is 13.9. The van der Waals surface area contributed by atoms with Crippen molar-refractivity contribution in [2.24, 2.45) is 0 Å². The van der Waals surface area contributed by atoms with E-state index in [1.807, 2.05) is 37.7 Å². The molecule has 9 nitrogen and oxygen atoms in total. The van der Waals surface area contributed by atoms with E-state index in [0.717, 1.165) is 66.7 Å². The molecule has 1 aliphatic carbocycles. The van der Waals surface area contributed by atoms with Crippen LogP contribution in [0.15, 0.2) is 36.5 Å². The third kappa shape index (κ3) is 5.74. The summed E-state index contributed by atoms with van der Waals surface area (Å²) in [5.41, 5.74) is 3.88. The number of benzene rings is 2. The largest absolute Gasteiger partial charge is 0.496 e. The minimum Gasteiger partial charge on any atom is -0.496 e. The molecular formula is C34H44FN5O4. The number of methoxy groups -OCH3 is 1. The number of nitrogens with zero attached hydrogens (tertiary/aromatic N) is 4. The van der Waals surface area contributed by atoms with Crippen molar-refractivity contribution in [1.82, 2.24) is 19.6 Å². The number of nitrogens with one attached hydrogen (secondary N) is 1. The van der Waals surface area contributed by atoms with Gasteiger partial charge >= 0.3 is 6.09 Å². The van der Waals surface area contributed by atoms with Gasteiger partial charge in [-0.05, 0) is 82.6 Å². The van der Waals surface area contributed by atoms with Crippen LogP contribution >= 0.6 is 0 Å². The fraction of sp³-hybridized carbons (Fsp3) is 0.588. The number of fused-ring (bicyclic) bond motifs is 3. The molecule has 44 heavy (non-hydrogen) atoms. The van der Waals surface area contributed by atoms with Gasteiger partial charge in [-0.3, -0.25) is 4.90 Å². The number of likely N-dealkylation sites (tertiary alicyclic amines) is 1. The summed E-state index contributed by atoms with van der Waals surface area (Å²) in [6.07, 6.45) is 6.98. The van der Waals surface area contributed by atoms with Crippen LogP contribution in [-0.2, 0) is 15.9 Å². The van der Waals surface area contributed by atoms with Gasteiger partial charge in [0.1, 0.15) is 17.0 Å². The SMILES string of the molecule is COc1cc(NC2CN(C(=O)OC(C)(C)C)C2)ccc1C1c2ccc3c(cnn3C3CCCCO3)c2CCN1CC1(F)CC1. The number of amides is 1. The molecule has 1 N–H and O–H groups in total. The second kappa shape index (κ2) is 11.2. The molecule has 3 aliphatic heterocycles. The summed E-state index contributed by atoms with van der Waals surface area (Å²) in [5, 5.41) is 9.48. The zero-order valence-electron chi connectivity index (χ0n) is 26.3. The van der Waals surface area contributed by atoms with Gasteiger partial charge in [-0.2, -0.15) is 5.10 Å². The quantitative estimate of drug-likeness (QED) is 0.342. The van der Waals surface area contributed by atoms with Crippen molar-refractivity contribution in [1.29, 1.82) is 0 Å². The summed E-state index contributed by atoms with van der Waals surface area (Å²) in [6, 6.07) is 10.6. The Bertz CT molecular complexity index is 1530. The van der Waals surface area contributed by atoms with Gasteiger partial charge in [0.2, 0.25) is 0 Å². The molecule has 4 heterocycles. The molecule has 2 unspecified atom stereocenters. The molecule has 4 aliphatic rings. The predicted molar refractivity (Wildman–Crippen MR) is 167 cm³/mol. The third-order valence-corrected chi connectivity index (χ3v) is 9.38. The molecule has 0 spiro atoms. The van der Waals surface area contributed by atoms with Crippen molar-refractivity contribution in [2.45, 2.75) is 88.9 Å². The van der Waals surface area contributed by atoms with Crippen molar-refractivity contribution in [3.8, 4) is 5.75 Å². The van der Waals surface area contributed by atoms with Crippen molar-refractivity contribution < 1.29 is 23.4 Å². The minimum absolute atomic E-state index is 0.0246. The molecular weight excluding hydrogens is 561 g/mol. The third-order valence-electron chi connectivity index (χ3n) is 9.38. The molecule has 1 saturated carbocycles. The predicted octanol–water partition coefficient (Wildman–Crippen LogP) is 6.22. The van der Waals surface area contributed by atoms with Crippen LogP contribution in [0.4, 0.5) is 14.9 Å². The average molecular weight is 606 g/mol. The lowest BCUT2D eigenvalue weighted by Crippen LogP contribution is -2.57. The first-order valence-corrected chi connectivity index (χ1v) is 16.1. The number of aromatic nitrogens is 2. The molecule has 2 saturated heterocycles. The van der Waals surface area contributed by atoms with Gasteiger partial charge in [0, 0.05) is 55.5 Å². The van der Waals surface area contributed by atoms with E-state index >= 15 is 4.39 Å². The summed E-state index contributed by atoms with van der Waals surface area (Å²) in [4.78, 5) is 16.4. The summed E-state index contributed by atoms with van der Waals surface area (Å²) < 4.78 is 34.9. The van der Waals surface area contributed by atoms with E-state index in [-0.39, 0.29) is 24.4 Å². The van der Waals surface area contributed by atoms with Gasteiger partial charge < -0.3 is 24.4 Å². The van der Waals surface area contributed by atoms with Gasteiger partial charge in [-0.1, -0.05) is 12.1 Å². The maximum atomic E-state index is 15.3. The highest BCUT2D eigenvalue weighted by Crippen LogP contribution is 2.47. The molecule has 10 heteroatoms. The number of alkyl halides is 1. The Morgan fingerprint density at radius 3 is 2.66 bits per heavy atom. The van der Waals surface area contributed by atoms with E-state index in [1.165, 1.54) is 11.1 Å². The molecule has 7 rings (SSSR count). The van der Waals surface area contributed by atoms with E-state index in [4.69, 9.17) is 19.3 Å². The molecule has 3 fully saturated rings. The van der Waals surface area contributed by atoms with Crippen LogP contribution in [0.2, 0.25) is 0 Å². The van der Waals surface area contributed by atoms with E-state index in [9.17, 15) is 4.79 Å². The summed E-state index contributed by atoms with van der Waals surface area (Å²) in [5.74, 6) is 0.760. The molecule has 2 aromatic carbocycles. The number of carbonyl (C=O) groups is 1. The number of hydrogen-bond donors (Lipinski definition) is 1.